The summed E-state index contributed by atoms with van der Waals surface area (Å²) in [6, 6.07) is 13.8. The highest BCUT2D eigenvalue weighted by Crippen LogP contribution is 2.30. The first-order chi connectivity index (χ1) is 10.4. The third-order valence-electron chi connectivity index (χ3n) is 3.41. The molecule has 0 saturated heterocycles. The molecule has 0 aliphatic heterocycles. The molecular weight excluding hydrogens is 278 g/mol. The second kappa shape index (κ2) is 6.45. The van der Waals surface area contributed by atoms with E-state index in [1.807, 2.05) is 18.2 Å². The Hall–Kier alpha value is -2.59. The van der Waals surface area contributed by atoms with Gasteiger partial charge in [0.1, 0.15) is 11.9 Å². The van der Waals surface area contributed by atoms with Crippen LogP contribution in [0.3, 0.4) is 0 Å². The zero-order chi connectivity index (χ0) is 16.3. The number of phenols is 1. The number of aliphatic hydroxyl groups excluding tert-OH is 1. The third-order valence-corrected chi connectivity index (χ3v) is 3.41. The molecule has 0 aliphatic rings. The van der Waals surface area contributed by atoms with Crippen molar-refractivity contribution in [3.05, 3.63) is 71.8 Å². The first kappa shape index (κ1) is 15.8. The van der Waals surface area contributed by atoms with Crippen LogP contribution in [0.2, 0.25) is 0 Å². The summed E-state index contributed by atoms with van der Waals surface area (Å²) in [4.78, 5) is 13.4. The van der Waals surface area contributed by atoms with Gasteiger partial charge in [0.15, 0.2) is 0 Å². The molecule has 114 valence electrons. The maximum atomic E-state index is 12.0. The lowest BCUT2D eigenvalue weighted by Gasteiger charge is -2.20. The van der Waals surface area contributed by atoms with Crippen LogP contribution in [0.25, 0.3) is 0 Å². The molecule has 0 radical (unpaired) electrons. The number of carbonyl (C=O) groups is 1. The van der Waals surface area contributed by atoms with E-state index >= 15 is 0 Å². The van der Waals surface area contributed by atoms with Crippen molar-refractivity contribution in [3.63, 3.8) is 0 Å². The first-order valence-corrected chi connectivity index (χ1v) is 6.90. The number of hydrogen-bond donors (Lipinski definition) is 2. The molecule has 4 nitrogen and oxygen atoms in total. The molecule has 2 rings (SSSR count). The second-order valence-electron chi connectivity index (χ2n) is 5.24. The Labute approximate surface area is 129 Å². The number of likely N-dealkylation sites (N-methyl/N-ethyl adjacent to an activating group) is 1. The highest BCUT2D eigenvalue weighted by molar-refractivity contribution is 6.04. The van der Waals surface area contributed by atoms with E-state index in [9.17, 15) is 15.0 Å². The average Bonchev–Trinajstić information content (AvgIpc) is 2.52. The summed E-state index contributed by atoms with van der Waals surface area (Å²) >= 11 is 0. The molecule has 0 aromatic heterocycles. The standard InChI is InChI=1S/C18H19NO3/c1-12(2)18(22)19(3)15-9-14(10-16(20)11-15)17(21)13-7-5-4-6-8-13/h4-11,17,20-21H,1H2,2-3H3. The van der Waals surface area contributed by atoms with Crippen molar-refractivity contribution in [2.24, 2.45) is 0 Å². The Balaban J connectivity index is 2.39. The molecular formula is C18H19NO3. The van der Waals surface area contributed by atoms with Gasteiger partial charge in [-0.3, -0.25) is 4.79 Å². The Morgan fingerprint density at radius 1 is 1.14 bits per heavy atom. The number of benzene rings is 2. The summed E-state index contributed by atoms with van der Waals surface area (Å²) in [5, 5.41) is 20.3. The number of phenolic OH excluding ortho intramolecular Hbond substituents is 1. The maximum Gasteiger partial charge on any atom is 0.253 e. The summed E-state index contributed by atoms with van der Waals surface area (Å²) in [7, 11) is 1.60. The van der Waals surface area contributed by atoms with E-state index in [2.05, 4.69) is 6.58 Å². The summed E-state index contributed by atoms with van der Waals surface area (Å²) in [5.74, 6) is -0.255. The predicted molar refractivity (Wildman–Crippen MR) is 86.8 cm³/mol. The fourth-order valence-corrected chi connectivity index (χ4v) is 2.20. The van der Waals surface area contributed by atoms with Gasteiger partial charge in [-0.15, -0.1) is 0 Å². The van der Waals surface area contributed by atoms with Gasteiger partial charge in [0.25, 0.3) is 5.91 Å². The minimum atomic E-state index is -0.875. The molecule has 1 amide bonds. The highest BCUT2D eigenvalue weighted by atomic mass is 16.3. The average molecular weight is 297 g/mol. The molecule has 1 unspecified atom stereocenters. The van der Waals surface area contributed by atoms with E-state index < -0.39 is 6.10 Å². The maximum absolute atomic E-state index is 12.0. The number of aliphatic hydroxyl groups is 1. The van der Waals surface area contributed by atoms with Crippen molar-refractivity contribution in [1.82, 2.24) is 0 Å². The van der Waals surface area contributed by atoms with E-state index in [0.29, 0.717) is 22.4 Å². The van der Waals surface area contributed by atoms with Crippen LogP contribution in [0, 0.1) is 0 Å². The molecule has 1 atom stereocenters. The van der Waals surface area contributed by atoms with Crippen LogP contribution in [0.4, 0.5) is 5.69 Å². The Kier molecular flexibility index (Phi) is 4.63. The van der Waals surface area contributed by atoms with Gasteiger partial charge < -0.3 is 15.1 Å². The predicted octanol–water partition coefficient (Wildman–Crippen LogP) is 3.01. The van der Waals surface area contributed by atoms with Crippen molar-refractivity contribution in [2.75, 3.05) is 11.9 Å². The van der Waals surface area contributed by atoms with Crippen molar-refractivity contribution in [2.45, 2.75) is 13.0 Å². The molecule has 2 N–H and O–H groups in total. The Morgan fingerprint density at radius 3 is 2.36 bits per heavy atom. The number of anilines is 1. The topological polar surface area (TPSA) is 60.8 Å². The van der Waals surface area contributed by atoms with Gasteiger partial charge in [-0.1, -0.05) is 36.9 Å². The first-order valence-electron chi connectivity index (χ1n) is 6.90. The summed E-state index contributed by atoms with van der Waals surface area (Å²) < 4.78 is 0. The van der Waals surface area contributed by atoms with Crippen LogP contribution in [0.5, 0.6) is 5.75 Å². The van der Waals surface area contributed by atoms with Crippen LogP contribution < -0.4 is 4.90 Å². The quantitative estimate of drug-likeness (QED) is 0.853. The zero-order valence-electron chi connectivity index (χ0n) is 12.7. The van der Waals surface area contributed by atoms with Crippen molar-refractivity contribution in [1.29, 1.82) is 0 Å². The van der Waals surface area contributed by atoms with Gasteiger partial charge in [-0.25, -0.2) is 0 Å². The number of nitrogens with zero attached hydrogens (tertiary/aromatic N) is 1. The van der Waals surface area contributed by atoms with Gasteiger partial charge in [-0.05, 0) is 30.2 Å². The second-order valence-corrected chi connectivity index (χ2v) is 5.24. The lowest BCUT2D eigenvalue weighted by molar-refractivity contribution is -0.114. The molecule has 0 saturated carbocycles. The number of aromatic hydroxyl groups is 1. The fourth-order valence-electron chi connectivity index (χ4n) is 2.20. The molecule has 0 heterocycles. The van der Waals surface area contributed by atoms with Gasteiger partial charge in [0.05, 0.1) is 0 Å². The smallest absolute Gasteiger partial charge is 0.253 e. The van der Waals surface area contributed by atoms with Gasteiger partial charge in [-0.2, -0.15) is 0 Å². The van der Waals surface area contributed by atoms with Gasteiger partial charge in [0.2, 0.25) is 0 Å². The molecule has 2 aromatic carbocycles. The van der Waals surface area contributed by atoms with Crippen LogP contribution in [-0.2, 0) is 4.79 Å². The van der Waals surface area contributed by atoms with Crippen molar-refractivity contribution < 1.29 is 15.0 Å². The summed E-state index contributed by atoms with van der Waals surface area (Å²) in [5.41, 5.74) is 2.13. The Bertz CT molecular complexity index is 695. The molecule has 4 heteroatoms. The lowest BCUT2D eigenvalue weighted by atomic mass is 10.0. The third kappa shape index (κ3) is 3.35. The number of carbonyl (C=O) groups excluding carboxylic acids is 1. The molecule has 2 aromatic rings. The van der Waals surface area contributed by atoms with Gasteiger partial charge in [0, 0.05) is 24.4 Å². The molecule has 0 spiro atoms. The molecule has 0 aliphatic carbocycles. The van der Waals surface area contributed by atoms with E-state index in [-0.39, 0.29) is 11.7 Å². The lowest BCUT2D eigenvalue weighted by Crippen LogP contribution is -2.26. The monoisotopic (exact) mass is 297 g/mol. The van der Waals surface area contributed by atoms with E-state index in [4.69, 9.17) is 0 Å². The summed E-state index contributed by atoms with van der Waals surface area (Å²) in [6.45, 7) is 5.25. The molecule has 22 heavy (non-hydrogen) atoms. The largest absolute Gasteiger partial charge is 0.508 e. The zero-order valence-corrected chi connectivity index (χ0v) is 12.7. The van der Waals surface area contributed by atoms with E-state index in [1.165, 1.54) is 17.0 Å². The van der Waals surface area contributed by atoms with Crippen LogP contribution in [-0.4, -0.2) is 23.2 Å². The van der Waals surface area contributed by atoms with E-state index in [0.717, 1.165) is 0 Å². The fraction of sp³-hybridized carbons (Fsp3) is 0.167. The highest BCUT2D eigenvalue weighted by Gasteiger charge is 2.16. The summed E-state index contributed by atoms with van der Waals surface area (Å²) in [6.07, 6.45) is -0.875. The number of amides is 1. The van der Waals surface area contributed by atoms with Crippen LogP contribution in [0.15, 0.2) is 60.7 Å². The molecule has 0 fully saturated rings. The van der Waals surface area contributed by atoms with Crippen LogP contribution >= 0.6 is 0 Å². The van der Waals surface area contributed by atoms with Crippen LogP contribution in [0.1, 0.15) is 24.2 Å². The number of hydrogen-bond acceptors (Lipinski definition) is 3. The number of rotatable bonds is 4. The SMILES string of the molecule is C=C(C)C(=O)N(C)c1cc(O)cc(C(O)c2ccccc2)c1. The van der Waals surface area contributed by atoms with Gasteiger partial charge >= 0.3 is 0 Å². The minimum absolute atomic E-state index is 0.0103. The normalized spacial score (nSPS) is 11.8. The van der Waals surface area contributed by atoms with Crippen molar-refractivity contribution in [3.8, 4) is 5.75 Å². The van der Waals surface area contributed by atoms with Crippen molar-refractivity contribution >= 4 is 11.6 Å². The Morgan fingerprint density at radius 2 is 1.77 bits per heavy atom. The minimum Gasteiger partial charge on any atom is -0.508 e. The molecule has 0 bridgehead atoms. The van der Waals surface area contributed by atoms with E-state index in [1.54, 1.807) is 32.2 Å².